The number of anilines is 3. The van der Waals surface area contributed by atoms with E-state index in [1.807, 2.05) is 19.1 Å². The van der Waals surface area contributed by atoms with Crippen molar-refractivity contribution in [2.45, 2.75) is 24.7 Å². The third-order valence-electron chi connectivity index (χ3n) is 5.04. The van der Waals surface area contributed by atoms with Gasteiger partial charge < -0.3 is 15.6 Å². The van der Waals surface area contributed by atoms with Gasteiger partial charge in [-0.1, -0.05) is 35.1 Å². The second-order valence-electron chi connectivity index (χ2n) is 7.60. The van der Waals surface area contributed by atoms with Gasteiger partial charge in [-0.05, 0) is 49.2 Å². The van der Waals surface area contributed by atoms with Gasteiger partial charge in [-0.15, -0.1) is 0 Å². The SMILES string of the molecule is Cc1cccc(Cl)c1NC(=O)c1cnc(Nc2ccc(S(=O)(=O)NCCCc3ncc[nH]3)cc2)s1. The molecule has 4 aromatic rings. The van der Waals surface area contributed by atoms with Crippen LogP contribution in [0.25, 0.3) is 0 Å². The molecule has 2 aromatic carbocycles. The van der Waals surface area contributed by atoms with E-state index in [2.05, 4.69) is 30.3 Å². The molecule has 0 aliphatic carbocycles. The number of aromatic nitrogens is 3. The number of hydrogen-bond donors (Lipinski definition) is 4. The fraction of sp³-hybridized carbons (Fsp3) is 0.174. The number of carbonyl (C=O) groups excluding carboxylic acids is 1. The summed E-state index contributed by atoms with van der Waals surface area (Å²) in [6.07, 6.45) is 6.16. The molecule has 0 fully saturated rings. The van der Waals surface area contributed by atoms with Crippen molar-refractivity contribution in [3.05, 3.63) is 82.3 Å². The monoisotopic (exact) mass is 530 g/mol. The highest BCUT2D eigenvalue weighted by atomic mass is 35.5. The lowest BCUT2D eigenvalue weighted by Crippen LogP contribution is -2.25. The number of aromatic amines is 1. The zero-order chi connectivity index (χ0) is 24.8. The van der Waals surface area contributed by atoms with Crippen LogP contribution < -0.4 is 15.4 Å². The van der Waals surface area contributed by atoms with Crippen LogP contribution in [0.5, 0.6) is 0 Å². The zero-order valence-electron chi connectivity index (χ0n) is 18.7. The number of sulfonamides is 1. The number of para-hydroxylation sites is 1. The summed E-state index contributed by atoms with van der Waals surface area (Å²) in [7, 11) is -3.62. The van der Waals surface area contributed by atoms with Gasteiger partial charge in [-0.3, -0.25) is 4.79 Å². The summed E-state index contributed by atoms with van der Waals surface area (Å²) in [4.78, 5) is 24.5. The Morgan fingerprint density at radius 1 is 1.14 bits per heavy atom. The summed E-state index contributed by atoms with van der Waals surface area (Å²) < 4.78 is 27.6. The van der Waals surface area contributed by atoms with Crippen molar-refractivity contribution in [2.24, 2.45) is 0 Å². The minimum absolute atomic E-state index is 0.162. The van der Waals surface area contributed by atoms with E-state index < -0.39 is 10.0 Å². The van der Waals surface area contributed by atoms with Crippen LogP contribution in [0.3, 0.4) is 0 Å². The molecule has 0 saturated carbocycles. The minimum Gasteiger partial charge on any atom is -0.349 e. The Morgan fingerprint density at radius 3 is 2.66 bits per heavy atom. The van der Waals surface area contributed by atoms with Crippen LogP contribution in [0, 0.1) is 6.92 Å². The molecule has 0 spiro atoms. The van der Waals surface area contributed by atoms with Crippen molar-refractivity contribution in [2.75, 3.05) is 17.2 Å². The van der Waals surface area contributed by atoms with E-state index in [4.69, 9.17) is 11.6 Å². The maximum atomic E-state index is 12.6. The zero-order valence-corrected chi connectivity index (χ0v) is 21.1. The molecule has 0 aliphatic rings. The van der Waals surface area contributed by atoms with Gasteiger partial charge in [-0.25, -0.2) is 23.1 Å². The van der Waals surface area contributed by atoms with E-state index in [1.165, 1.54) is 29.7 Å². The molecule has 35 heavy (non-hydrogen) atoms. The predicted octanol–water partition coefficient (Wildman–Crippen LogP) is 4.74. The Morgan fingerprint density at radius 2 is 1.94 bits per heavy atom. The van der Waals surface area contributed by atoms with E-state index in [-0.39, 0.29) is 10.8 Å². The molecule has 0 radical (unpaired) electrons. The van der Waals surface area contributed by atoms with Gasteiger partial charge >= 0.3 is 0 Å². The fourth-order valence-corrected chi connectivity index (χ4v) is 5.30. The Bertz CT molecular complexity index is 1380. The maximum Gasteiger partial charge on any atom is 0.267 e. The highest BCUT2D eigenvalue weighted by Crippen LogP contribution is 2.28. The lowest BCUT2D eigenvalue weighted by Gasteiger charge is -2.09. The average molecular weight is 531 g/mol. The highest BCUT2D eigenvalue weighted by Gasteiger charge is 2.15. The number of carbonyl (C=O) groups is 1. The number of amides is 1. The first-order valence-corrected chi connectivity index (χ1v) is 13.4. The molecular formula is C23H23ClN6O3S2. The Hall–Kier alpha value is -3.25. The van der Waals surface area contributed by atoms with Crippen molar-refractivity contribution in [3.63, 3.8) is 0 Å². The first-order valence-electron chi connectivity index (χ1n) is 10.7. The molecule has 182 valence electrons. The highest BCUT2D eigenvalue weighted by molar-refractivity contribution is 7.89. The Balaban J connectivity index is 1.32. The molecule has 4 N–H and O–H groups in total. The van der Waals surface area contributed by atoms with Gasteiger partial charge in [0.15, 0.2) is 5.13 Å². The first kappa shape index (κ1) is 24.9. The van der Waals surface area contributed by atoms with E-state index in [1.54, 1.807) is 30.6 Å². The van der Waals surface area contributed by atoms with Crippen molar-refractivity contribution >= 4 is 55.4 Å². The number of benzene rings is 2. The molecule has 0 saturated heterocycles. The van der Waals surface area contributed by atoms with E-state index in [0.29, 0.717) is 45.8 Å². The third kappa shape index (κ3) is 6.45. The number of thiazole rings is 1. The Kier molecular flexibility index (Phi) is 7.81. The van der Waals surface area contributed by atoms with Crippen molar-refractivity contribution in [1.82, 2.24) is 19.7 Å². The van der Waals surface area contributed by atoms with Crippen molar-refractivity contribution in [1.29, 1.82) is 0 Å². The van der Waals surface area contributed by atoms with E-state index in [9.17, 15) is 13.2 Å². The number of nitrogens with zero attached hydrogens (tertiary/aromatic N) is 2. The molecule has 2 aromatic heterocycles. The van der Waals surface area contributed by atoms with Crippen molar-refractivity contribution < 1.29 is 13.2 Å². The molecule has 2 heterocycles. The first-order chi connectivity index (χ1) is 16.8. The topological polar surface area (TPSA) is 129 Å². The number of nitrogens with one attached hydrogen (secondary N) is 4. The number of H-pyrrole nitrogens is 1. The Labute approximate surface area is 212 Å². The standard InChI is InChI=1S/C23H23ClN6O3S2/c1-15-4-2-5-18(24)21(15)30-22(31)19-14-27-23(34-19)29-16-7-9-17(10-8-16)35(32,33)28-11-3-6-20-25-12-13-26-20/h2,4-5,7-10,12-14,28H,3,6,11H2,1H3,(H,25,26)(H,27,29)(H,30,31). The summed E-state index contributed by atoms with van der Waals surface area (Å²) in [5.74, 6) is 0.507. The number of aryl methyl sites for hydroxylation is 2. The predicted molar refractivity (Wildman–Crippen MR) is 138 cm³/mol. The van der Waals surface area contributed by atoms with Gasteiger partial charge in [0.25, 0.3) is 5.91 Å². The van der Waals surface area contributed by atoms with Crippen LogP contribution >= 0.6 is 22.9 Å². The third-order valence-corrected chi connectivity index (χ3v) is 7.75. The molecule has 12 heteroatoms. The molecule has 0 aliphatic heterocycles. The van der Waals surface area contributed by atoms with E-state index >= 15 is 0 Å². The average Bonchev–Trinajstić information content (AvgIpc) is 3.52. The van der Waals surface area contributed by atoms with Gasteiger partial charge in [0, 0.05) is 31.0 Å². The number of rotatable bonds is 10. The van der Waals surface area contributed by atoms with Crippen LogP contribution in [0.4, 0.5) is 16.5 Å². The summed E-state index contributed by atoms with van der Waals surface area (Å²) in [5, 5.41) is 6.87. The van der Waals surface area contributed by atoms with Crippen LogP contribution in [-0.4, -0.2) is 35.8 Å². The lowest BCUT2D eigenvalue weighted by molar-refractivity contribution is 0.103. The minimum atomic E-state index is -3.62. The summed E-state index contributed by atoms with van der Waals surface area (Å²) in [6, 6.07) is 11.7. The van der Waals surface area contributed by atoms with E-state index in [0.717, 1.165) is 11.4 Å². The largest absolute Gasteiger partial charge is 0.349 e. The maximum absolute atomic E-state index is 12.6. The van der Waals surface area contributed by atoms with Crippen LogP contribution in [-0.2, 0) is 16.4 Å². The summed E-state index contributed by atoms with van der Waals surface area (Å²) in [5.41, 5.74) is 2.06. The van der Waals surface area contributed by atoms with Crippen LogP contribution in [0.2, 0.25) is 5.02 Å². The van der Waals surface area contributed by atoms with Gasteiger partial charge in [0.05, 0.1) is 21.8 Å². The number of halogens is 1. The molecule has 0 unspecified atom stereocenters. The molecule has 1 amide bonds. The number of hydrogen-bond acceptors (Lipinski definition) is 7. The van der Waals surface area contributed by atoms with Gasteiger partial charge in [-0.2, -0.15) is 0 Å². The van der Waals surface area contributed by atoms with Crippen LogP contribution in [0.1, 0.15) is 27.5 Å². The second-order valence-corrected chi connectivity index (χ2v) is 10.8. The molecular weight excluding hydrogens is 508 g/mol. The fourth-order valence-electron chi connectivity index (χ4n) is 3.22. The normalized spacial score (nSPS) is 11.4. The smallest absolute Gasteiger partial charge is 0.267 e. The quantitative estimate of drug-likeness (QED) is 0.219. The van der Waals surface area contributed by atoms with Crippen molar-refractivity contribution in [3.8, 4) is 0 Å². The van der Waals surface area contributed by atoms with Gasteiger partial charge in [0.1, 0.15) is 10.7 Å². The van der Waals surface area contributed by atoms with Gasteiger partial charge in [0.2, 0.25) is 10.0 Å². The van der Waals surface area contributed by atoms with Crippen LogP contribution in [0.15, 0.2) is 66.0 Å². The molecule has 9 nitrogen and oxygen atoms in total. The molecule has 0 atom stereocenters. The summed E-state index contributed by atoms with van der Waals surface area (Å²) in [6.45, 7) is 2.17. The molecule has 0 bridgehead atoms. The molecule has 4 rings (SSSR count). The second kappa shape index (κ2) is 11.0. The lowest BCUT2D eigenvalue weighted by atomic mass is 10.2. The number of imidazole rings is 1. The summed E-state index contributed by atoms with van der Waals surface area (Å²) >= 11 is 7.36.